The molecule has 0 saturated heterocycles. The highest BCUT2D eigenvalue weighted by Crippen LogP contribution is 2.01. The lowest BCUT2D eigenvalue weighted by Crippen LogP contribution is -2.11. The van der Waals surface area contributed by atoms with Crippen molar-refractivity contribution in [2.24, 2.45) is 5.92 Å². The molecule has 15 heavy (non-hydrogen) atoms. The second kappa shape index (κ2) is 6.62. The second-order valence-corrected chi connectivity index (χ2v) is 4.26. The fourth-order valence-electron chi connectivity index (χ4n) is 1.48. The van der Waals surface area contributed by atoms with Gasteiger partial charge in [0.2, 0.25) is 0 Å². The molecule has 1 heterocycles. The summed E-state index contributed by atoms with van der Waals surface area (Å²) in [6.07, 6.45) is 6.10. The summed E-state index contributed by atoms with van der Waals surface area (Å²) >= 11 is 0. The molecule has 0 N–H and O–H groups in total. The summed E-state index contributed by atoms with van der Waals surface area (Å²) in [5.41, 5.74) is 0. The third-order valence-electron chi connectivity index (χ3n) is 2.20. The molecule has 86 valence electrons. The SMILES string of the molecule is CCCc1nccn1CCOCC(C)C. The van der Waals surface area contributed by atoms with Gasteiger partial charge in [-0.3, -0.25) is 0 Å². The van der Waals surface area contributed by atoms with Crippen molar-refractivity contribution in [2.45, 2.75) is 40.2 Å². The predicted molar refractivity (Wildman–Crippen MR) is 61.9 cm³/mol. The molecule has 0 aliphatic rings. The minimum atomic E-state index is 0.614. The van der Waals surface area contributed by atoms with Crippen LogP contribution in [0.5, 0.6) is 0 Å². The molecule has 0 bridgehead atoms. The van der Waals surface area contributed by atoms with Crippen LogP contribution >= 0.6 is 0 Å². The maximum absolute atomic E-state index is 5.55. The third-order valence-corrected chi connectivity index (χ3v) is 2.20. The van der Waals surface area contributed by atoms with Gasteiger partial charge in [-0.05, 0) is 12.3 Å². The third kappa shape index (κ3) is 4.47. The number of aryl methyl sites for hydroxylation is 1. The number of hydrogen-bond acceptors (Lipinski definition) is 2. The van der Waals surface area contributed by atoms with Gasteiger partial charge in [0.1, 0.15) is 5.82 Å². The van der Waals surface area contributed by atoms with E-state index in [0.29, 0.717) is 5.92 Å². The molecular weight excluding hydrogens is 188 g/mol. The number of imidazole rings is 1. The van der Waals surface area contributed by atoms with E-state index in [-0.39, 0.29) is 0 Å². The van der Waals surface area contributed by atoms with E-state index in [1.165, 1.54) is 5.82 Å². The average molecular weight is 210 g/mol. The van der Waals surface area contributed by atoms with Crippen LogP contribution < -0.4 is 0 Å². The quantitative estimate of drug-likeness (QED) is 0.647. The minimum absolute atomic E-state index is 0.614. The first-order chi connectivity index (χ1) is 7.24. The summed E-state index contributed by atoms with van der Waals surface area (Å²) in [6, 6.07) is 0. The first-order valence-corrected chi connectivity index (χ1v) is 5.81. The van der Waals surface area contributed by atoms with E-state index >= 15 is 0 Å². The minimum Gasteiger partial charge on any atom is -0.379 e. The molecule has 0 aliphatic carbocycles. The average Bonchev–Trinajstić information content (AvgIpc) is 2.61. The fourth-order valence-corrected chi connectivity index (χ4v) is 1.48. The van der Waals surface area contributed by atoms with E-state index in [1.54, 1.807) is 0 Å². The van der Waals surface area contributed by atoms with Crippen LogP contribution in [-0.2, 0) is 17.7 Å². The second-order valence-electron chi connectivity index (χ2n) is 4.26. The van der Waals surface area contributed by atoms with E-state index in [9.17, 15) is 0 Å². The van der Waals surface area contributed by atoms with Crippen molar-refractivity contribution in [3.05, 3.63) is 18.2 Å². The molecule has 0 amide bonds. The van der Waals surface area contributed by atoms with Gasteiger partial charge in [0.05, 0.1) is 6.61 Å². The van der Waals surface area contributed by atoms with Gasteiger partial charge in [0.25, 0.3) is 0 Å². The zero-order chi connectivity index (χ0) is 11.1. The van der Waals surface area contributed by atoms with Crippen LogP contribution in [-0.4, -0.2) is 22.8 Å². The Balaban J connectivity index is 2.27. The Labute approximate surface area is 92.5 Å². The largest absolute Gasteiger partial charge is 0.379 e. The molecule has 1 rings (SSSR count). The van der Waals surface area contributed by atoms with E-state index in [0.717, 1.165) is 32.6 Å². The Hall–Kier alpha value is -0.830. The number of nitrogens with zero attached hydrogens (tertiary/aromatic N) is 2. The first kappa shape index (κ1) is 12.2. The number of rotatable bonds is 7. The van der Waals surface area contributed by atoms with Crippen LogP contribution in [0.1, 0.15) is 33.0 Å². The summed E-state index contributed by atoms with van der Waals surface area (Å²) in [5.74, 6) is 1.79. The topological polar surface area (TPSA) is 27.1 Å². The highest BCUT2D eigenvalue weighted by molar-refractivity contribution is 4.92. The van der Waals surface area contributed by atoms with Crippen molar-refractivity contribution in [1.82, 2.24) is 9.55 Å². The smallest absolute Gasteiger partial charge is 0.108 e. The first-order valence-electron chi connectivity index (χ1n) is 5.81. The van der Waals surface area contributed by atoms with Crippen LogP contribution in [0.4, 0.5) is 0 Å². The Morgan fingerprint density at radius 1 is 1.47 bits per heavy atom. The van der Waals surface area contributed by atoms with Crippen molar-refractivity contribution in [3.8, 4) is 0 Å². The van der Waals surface area contributed by atoms with Gasteiger partial charge < -0.3 is 9.30 Å². The zero-order valence-electron chi connectivity index (χ0n) is 10.1. The molecular formula is C12H22N2O. The summed E-state index contributed by atoms with van der Waals surface area (Å²) < 4.78 is 7.74. The molecule has 0 aliphatic heterocycles. The Kier molecular flexibility index (Phi) is 5.40. The van der Waals surface area contributed by atoms with E-state index in [4.69, 9.17) is 4.74 Å². The molecule has 0 spiro atoms. The molecule has 3 heteroatoms. The summed E-state index contributed by atoms with van der Waals surface area (Å²) in [6.45, 7) is 9.05. The van der Waals surface area contributed by atoms with E-state index in [1.807, 2.05) is 12.4 Å². The molecule has 3 nitrogen and oxygen atoms in total. The van der Waals surface area contributed by atoms with Gasteiger partial charge in [-0.15, -0.1) is 0 Å². The highest BCUT2D eigenvalue weighted by atomic mass is 16.5. The fraction of sp³-hybridized carbons (Fsp3) is 0.750. The van der Waals surface area contributed by atoms with Crippen molar-refractivity contribution in [2.75, 3.05) is 13.2 Å². The Bertz CT molecular complexity index is 268. The standard InChI is InChI=1S/C12H22N2O/c1-4-5-12-13-6-7-14(12)8-9-15-10-11(2)3/h6-7,11H,4-5,8-10H2,1-3H3. The summed E-state index contributed by atoms with van der Waals surface area (Å²) in [4.78, 5) is 4.33. The maximum atomic E-state index is 5.55. The molecule has 0 atom stereocenters. The van der Waals surface area contributed by atoms with Gasteiger partial charge in [0.15, 0.2) is 0 Å². The number of aromatic nitrogens is 2. The molecule has 0 fully saturated rings. The Morgan fingerprint density at radius 2 is 2.27 bits per heavy atom. The highest BCUT2D eigenvalue weighted by Gasteiger charge is 2.01. The van der Waals surface area contributed by atoms with Crippen LogP contribution in [0, 0.1) is 5.92 Å². The molecule has 0 radical (unpaired) electrons. The maximum Gasteiger partial charge on any atom is 0.108 e. The Morgan fingerprint density at radius 3 is 2.93 bits per heavy atom. The van der Waals surface area contributed by atoms with Gasteiger partial charge in [0, 0.05) is 32.0 Å². The van der Waals surface area contributed by atoms with Gasteiger partial charge >= 0.3 is 0 Å². The molecule has 1 aromatic heterocycles. The van der Waals surface area contributed by atoms with Crippen molar-refractivity contribution < 1.29 is 4.74 Å². The normalized spacial score (nSPS) is 11.2. The molecule has 0 aromatic carbocycles. The molecule has 0 saturated carbocycles. The number of hydrogen-bond donors (Lipinski definition) is 0. The van der Waals surface area contributed by atoms with Crippen molar-refractivity contribution in [1.29, 1.82) is 0 Å². The lowest BCUT2D eigenvalue weighted by Gasteiger charge is -2.09. The lowest BCUT2D eigenvalue weighted by molar-refractivity contribution is 0.102. The predicted octanol–water partition coefficient (Wildman–Crippen LogP) is 2.51. The van der Waals surface area contributed by atoms with Crippen molar-refractivity contribution >= 4 is 0 Å². The van der Waals surface area contributed by atoms with Gasteiger partial charge in [-0.25, -0.2) is 4.98 Å². The summed E-state index contributed by atoms with van der Waals surface area (Å²) in [7, 11) is 0. The molecule has 0 unspecified atom stereocenters. The summed E-state index contributed by atoms with van der Waals surface area (Å²) in [5, 5.41) is 0. The zero-order valence-corrected chi connectivity index (χ0v) is 10.1. The lowest BCUT2D eigenvalue weighted by atomic mass is 10.2. The van der Waals surface area contributed by atoms with Crippen molar-refractivity contribution in [3.63, 3.8) is 0 Å². The molecule has 1 aromatic rings. The van der Waals surface area contributed by atoms with Gasteiger partial charge in [-0.2, -0.15) is 0 Å². The number of ether oxygens (including phenoxy) is 1. The monoisotopic (exact) mass is 210 g/mol. The van der Waals surface area contributed by atoms with E-state index < -0.39 is 0 Å². The van der Waals surface area contributed by atoms with Crippen LogP contribution in [0.2, 0.25) is 0 Å². The van der Waals surface area contributed by atoms with Gasteiger partial charge in [-0.1, -0.05) is 20.8 Å². The van der Waals surface area contributed by atoms with Crippen LogP contribution in [0.3, 0.4) is 0 Å². The van der Waals surface area contributed by atoms with E-state index in [2.05, 4.69) is 30.3 Å². The van der Waals surface area contributed by atoms with Crippen LogP contribution in [0.15, 0.2) is 12.4 Å². The van der Waals surface area contributed by atoms with Crippen LogP contribution in [0.25, 0.3) is 0 Å².